The molecule has 1 unspecified atom stereocenters. The zero-order valence-corrected chi connectivity index (χ0v) is 21.7. The molecule has 0 saturated carbocycles. The van der Waals surface area contributed by atoms with Crippen molar-refractivity contribution >= 4 is 16.7 Å². The van der Waals surface area contributed by atoms with Crippen molar-refractivity contribution in [1.29, 1.82) is 0 Å². The number of carbonyl (C=O) groups excluding carboxylic acids is 1. The van der Waals surface area contributed by atoms with E-state index in [2.05, 4.69) is 32.9 Å². The van der Waals surface area contributed by atoms with E-state index in [1.807, 2.05) is 30.3 Å². The van der Waals surface area contributed by atoms with Gasteiger partial charge in [0.15, 0.2) is 0 Å². The van der Waals surface area contributed by atoms with Gasteiger partial charge in [0.05, 0.1) is 5.41 Å². The Balaban J connectivity index is 1.90. The Labute approximate surface area is 203 Å². The fourth-order valence-electron chi connectivity index (χ4n) is 4.73. The van der Waals surface area contributed by atoms with E-state index in [0.29, 0.717) is 5.75 Å². The van der Waals surface area contributed by atoms with Crippen molar-refractivity contribution in [3.63, 3.8) is 0 Å². The molecule has 0 N–H and O–H groups in total. The van der Waals surface area contributed by atoms with Gasteiger partial charge in [0.2, 0.25) is 0 Å². The van der Waals surface area contributed by atoms with Crippen molar-refractivity contribution in [3.05, 3.63) is 42.5 Å². The van der Waals surface area contributed by atoms with Crippen LogP contribution >= 0.6 is 0 Å². The molecule has 0 aromatic heterocycles. The molecule has 0 aliphatic carbocycles. The first kappa shape index (κ1) is 27.4. The Hall–Kier alpha value is -1.83. The Morgan fingerprint density at radius 3 is 1.70 bits per heavy atom. The summed E-state index contributed by atoms with van der Waals surface area (Å²) in [4.78, 5) is 13.4. The van der Waals surface area contributed by atoms with Crippen LogP contribution in [-0.4, -0.2) is 5.97 Å². The van der Waals surface area contributed by atoms with Gasteiger partial charge in [-0.2, -0.15) is 0 Å². The summed E-state index contributed by atoms with van der Waals surface area (Å²) < 4.78 is 5.97. The third-order valence-electron chi connectivity index (χ3n) is 7.09. The highest BCUT2D eigenvalue weighted by Crippen LogP contribution is 2.34. The fourth-order valence-corrected chi connectivity index (χ4v) is 4.73. The number of unbranched alkanes of at least 4 members (excludes halogenated alkanes) is 12. The summed E-state index contributed by atoms with van der Waals surface area (Å²) >= 11 is 0. The third-order valence-corrected chi connectivity index (χ3v) is 7.09. The van der Waals surface area contributed by atoms with Crippen LogP contribution in [0.4, 0.5) is 0 Å². The molecule has 1 atom stereocenters. The van der Waals surface area contributed by atoms with Gasteiger partial charge in [-0.15, -0.1) is 0 Å². The molecule has 0 heterocycles. The maximum absolute atomic E-state index is 13.4. The van der Waals surface area contributed by atoms with E-state index >= 15 is 0 Å². The molecule has 0 fully saturated rings. The largest absolute Gasteiger partial charge is 0.426 e. The van der Waals surface area contributed by atoms with Crippen LogP contribution in [0.3, 0.4) is 0 Å². The molecule has 0 radical (unpaired) electrons. The Morgan fingerprint density at radius 1 is 0.667 bits per heavy atom. The van der Waals surface area contributed by atoms with Crippen LogP contribution in [0.25, 0.3) is 10.8 Å². The van der Waals surface area contributed by atoms with E-state index < -0.39 is 5.41 Å². The zero-order valence-electron chi connectivity index (χ0n) is 21.7. The summed E-state index contributed by atoms with van der Waals surface area (Å²) in [6, 6.07) is 14.2. The Bertz CT molecular complexity index is 796. The van der Waals surface area contributed by atoms with Gasteiger partial charge in [-0.1, -0.05) is 134 Å². The minimum Gasteiger partial charge on any atom is -0.426 e. The molecule has 0 amide bonds. The number of rotatable bonds is 18. The van der Waals surface area contributed by atoms with Crippen LogP contribution in [0.2, 0.25) is 0 Å². The first-order valence-electron chi connectivity index (χ1n) is 13.8. The van der Waals surface area contributed by atoms with Crippen molar-refractivity contribution in [1.82, 2.24) is 0 Å². The third kappa shape index (κ3) is 10.3. The minimum absolute atomic E-state index is 0.0470. The molecule has 33 heavy (non-hydrogen) atoms. The number of carbonyl (C=O) groups is 1. The number of hydrogen-bond acceptors (Lipinski definition) is 2. The van der Waals surface area contributed by atoms with Crippen LogP contribution in [0.1, 0.15) is 124 Å². The van der Waals surface area contributed by atoms with Crippen LogP contribution in [0.15, 0.2) is 42.5 Å². The van der Waals surface area contributed by atoms with Crippen LogP contribution in [-0.2, 0) is 4.79 Å². The smallest absolute Gasteiger partial charge is 0.317 e. The van der Waals surface area contributed by atoms with Crippen molar-refractivity contribution < 1.29 is 9.53 Å². The molecular formula is C31H48O2. The second-order valence-corrected chi connectivity index (χ2v) is 10.2. The molecular weight excluding hydrogens is 404 g/mol. The van der Waals surface area contributed by atoms with E-state index in [0.717, 1.165) is 31.1 Å². The summed E-state index contributed by atoms with van der Waals surface area (Å²) in [6.07, 6.45) is 19.7. The van der Waals surface area contributed by atoms with Crippen LogP contribution < -0.4 is 4.74 Å². The SMILES string of the molecule is CCCCCCCCCCC(C)(CCCCCCCC)C(=O)Oc1ccc2ccccc2c1. The topological polar surface area (TPSA) is 26.3 Å². The molecule has 0 aliphatic heterocycles. The van der Waals surface area contributed by atoms with Crippen molar-refractivity contribution in [2.24, 2.45) is 5.41 Å². The second kappa shape index (κ2) is 15.9. The van der Waals surface area contributed by atoms with Gasteiger partial charge < -0.3 is 4.74 Å². The van der Waals surface area contributed by atoms with Crippen molar-refractivity contribution in [2.45, 2.75) is 124 Å². The fraction of sp³-hybridized carbons (Fsp3) is 0.645. The minimum atomic E-state index is -0.390. The highest BCUT2D eigenvalue weighted by Gasteiger charge is 2.34. The van der Waals surface area contributed by atoms with E-state index in [4.69, 9.17) is 4.74 Å². The highest BCUT2D eigenvalue weighted by atomic mass is 16.5. The normalized spacial score (nSPS) is 13.2. The lowest BCUT2D eigenvalue weighted by Crippen LogP contribution is -2.32. The number of benzene rings is 2. The second-order valence-electron chi connectivity index (χ2n) is 10.2. The van der Waals surface area contributed by atoms with E-state index in [1.54, 1.807) is 0 Å². The highest BCUT2D eigenvalue weighted by molar-refractivity contribution is 5.85. The number of ether oxygens (including phenoxy) is 1. The van der Waals surface area contributed by atoms with Crippen molar-refractivity contribution in [3.8, 4) is 5.75 Å². The Kier molecular flexibility index (Phi) is 13.2. The van der Waals surface area contributed by atoms with Crippen molar-refractivity contribution in [2.75, 3.05) is 0 Å². The molecule has 2 heteroatoms. The van der Waals surface area contributed by atoms with Gasteiger partial charge in [-0.3, -0.25) is 4.79 Å². The molecule has 0 spiro atoms. The average molecular weight is 453 g/mol. The number of esters is 1. The molecule has 2 rings (SSSR count). The Morgan fingerprint density at radius 2 is 1.15 bits per heavy atom. The number of fused-ring (bicyclic) bond motifs is 1. The van der Waals surface area contributed by atoms with Gasteiger partial charge in [-0.05, 0) is 42.7 Å². The molecule has 2 aromatic carbocycles. The predicted molar refractivity (Wildman–Crippen MR) is 143 cm³/mol. The number of hydrogen-bond donors (Lipinski definition) is 0. The van der Waals surface area contributed by atoms with E-state index in [9.17, 15) is 4.79 Å². The standard InChI is InChI=1S/C31H48O2/c1-4-6-8-10-12-13-15-19-25-31(3,24-18-14-11-9-7-5-2)30(32)33-29-23-22-27-20-16-17-21-28(27)26-29/h16-17,20-23,26H,4-15,18-19,24-25H2,1-3H3. The summed E-state index contributed by atoms with van der Waals surface area (Å²) in [7, 11) is 0. The summed E-state index contributed by atoms with van der Waals surface area (Å²) in [5.74, 6) is 0.623. The summed E-state index contributed by atoms with van der Waals surface area (Å²) in [5.41, 5.74) is -0.390. The van der Waals surface area contributed by atoms with Crippen LogP contribution in [0.5, 0.6) is 5.75 Å². The average Bonchev–Trinajstić information content (AvgIpc) is 2.83. The van der Waals surface area contributed by atoms with Gasteiger partial charge in [0.25, 0.3) is 0 Å². The van der Waals surface area contributed by atoms with Gasteiger partial charge in [-0.25, -0.2) is 0 Å². The van der Waals surface area contributed by atoms with Gasteiger partial charge in [0, 0.05) is 0 Å². The van der Waals surface area contributed by atoms with Crippen LogP contribution in [0, 0.1) is 5.41 Å². The lowest BCUT2D eigenvalue weighted by molar-refractivity contribution is -0.146. The quantitative estimate of drug-likeness (QED) is 0.128. The predicted octanol–water partition coefficient (Wildman–Crippen LogP) is 10.0. The monoisotopic (exact) mass is 452 g/mol. The maximum Gasteiger partial charge on any atom is 0.317 e. The van der Waals surface area contributed by atoms with Gasteiger partial charge >= 0.3 is 5.97 Å². The maximum atomic E-state index is 13.4. The molecule has 0 aliphatic rings. The molecule has 0 saturated heterocycles. The first-order chi connectivity index (χ1) is 16.1. The summed E-state index contributed by atoms with van der Waals surface area (Å²) in [5, 5.41) is 2.29. The molecule has 2 nitrogen and oxygen atoms in total. The zero-order chi connectivity index (χ0) is 23.8. The molecule has 2 aromatic rings. The van der Waals surface area contributed by atoms with E-state index in [-0.39, 0.29) is 5.97 Å². The molecule has 0 bridgehead atoms. The van der Waals surface area contributed by atoms with E-state index in [1.165, 1.54) is 82.4 Å². The lowest BCUT2D eigenvalue weighted by atomic mass is 9.79. The molecule has 184 valence electrons. The van der Waals surface area contributed by atoms with Gasteiger partial charge in [0.1, 0.15) is 5.75 Å². The lowest BCUT2D eigenvalue weighted by Gasteiger charge is -2.27. The first-order valence-corrected chi connectivity index (χ1v) is 13.8. The summed E-state index contributed by atoms with van der Waals surface area (Å²) in [6.45, 7) is 6.66.